The molecule has 0 aliphatic carbocycles. The van der Waals surface area contributed by atoms with E-state index in [1.807, 2.05) is 19.4 Å². The first-order chi connectivity index (χ1) is 7.30. The van der Waals surface area contributed by atoms with Gasteiger partial charge in [0, 0.05) is 13.1 Å². The fraction of sp³-hybridized carbons (Fsp3) is 0.600. The van der Waals surface area contributed by atoms with Crippen molar-refractivity contribution in [2.24, 2.45) is 0 Å². The van der Waals surface area contributed by atoms with Crippen molar-refractivity contribution in [1.82, 2.24) is 9.97 Å². The van der Waals surface area contributed by atoms with E-state index in [2.05, 4.69) is 22.2 Å². The van der Waals surface area contributed by atoms with Crippen LogP contribution in [0.3, 0.4) is 0 Å². The van der Waals surface area contributed by atoms with Gasteiger partial charge in [0.2, 0.25) is 5.88 Å². The summed E-state index contributed by atoms with van der Waals surface area (Å²) in [6.07, 6.45) is 4.12. The molecule has 0 atom stereocenters. The standard InChI is InChI=1S/C10H17N3OS/c1-4-5-6-14-9-7-8(11-2)12-10(13-9)15-3/h7H,4-6H2,1-3H3,(H,11,12,13). The third-order valence-electron chi connectivity index (χ3n) is 1.87. The second kappa shape index (κ2) is 6.50. The second-order valence-corrected chi connectivity index (χ2v) is 3.80. The highest BCUT2D eigenvalue weighted by Crippen LogP contribution is 2.18. The summed E-state index contributed by atoms with van der Waals surface area (Å²) in [5.74, 6) is 1.44. The van der Waals surface area contributed by atoms with Gasteiger partial charge in [-0.1, -0.05) is 25.1 Å². The van der Waals surface area contributed by atoms with E-state index in [0.717, 1.165) is 23.8 Å². The van der Waals surface area contributed by atoms with Gasteiger partial charge < -0.3 is 10.1 Å². The predicted molar refractivity (Wildman–Crippen MR) is 63.8 cm³/mol. The normalized spacial score (nSPS) is 10.1. The molecule has 84 valence electrons. The maximum absolute atomic E-state index is 5.53. The summed E-state index contributed by atoms with van der Waals surface area (Å²) in [4.78, 5) is 8.52. The van der Waals surface area contributed by atoms with Gasteiger partial charge >= 0.3 is 0 Å². The third-order valence-corrected chi connectivity index (χ3v) is 2.42. The van der Waals surface area contributed by atoms with Crippen LogP contribution in [-0.2, 0) is 0 Å². The minimum absolute atomic E-state index is 0.646. The van der Waals surface area contributed by atoms with Gasteiger partial charge in [-0.15, -0.1) is 0 Å². The summed E-state index contributed by atoms with van der Waals surface area (Å²) in [5, 5.41) is 3.72. The van der Waals surface area contributed by atoms with Gasteiger partial charge in [-0.25, -0.2) is 4.98 Å². The van der Waals surface area contributed by atoms with Gasteiger partial charge in [0.25, 0.3) is 0 Å². The van der Waals surface area contributed by atoms with Crippen molar-refractivity contribution in [3.8, 4) is 5.88 Å². The topological polar surface area (TPSA) is 47.0 Å². The van der Waals surface area contributed by atoms with E-state index in [1.165, 1.54) is 11.8 Å². The van der Waals surface area contributed by atoms with Crippen LogP contribution in [0.5, 0.6) is 5.88 Å². The number of nitrogens with one attached hydrogen (secondary N) is 1. The highest BCUT2D eigenvalue weighted by molar-refractivity contribution is 7.98. The molecule has 1 aromatic heterocycles. The van der Waals surface area contributed by atoms with E-state index < -0.39 is 0 Å². The molecule has 4 nitrogen and oxygen atoms in total. The van der Waals surface area contributed by atoms with Crippen LogP contribution in [-0.4, -0.2) is 29.9 Å². The van der Waals surface area contributed by atoms with Crippen molar-refractivity contribution in [2.75, 3.05) is 25.2 Å². The van der Waals surface area contributed by atoms with E-state index in [9.17, 15) is 0 Å². The smallest absolute Gasteiger partial charge is 0.219 e. The van der Waals surface area contributed by atoms with E-state index in [-0.39, 0.29) is 0 Å². The number of rotatable bonds is 6. The number of unbranched alkanes of at least 4 members (excludes halogenated alkanes) is 1. The highest BCUT2D eigenvalue weighted by Gasteiger charge is 2.03. The average Bonchev–Trinajstić information content (AvgIpc) is 2.29. The number of anilines is 1. The summed E-state index contributed by atoms with van der Waals surface area (Å²) < 4.78 is 5.53. The maximum atomic E-state index is 5.53. The molecule has 5 heteroatoms. The van der Waals surface area contributed by atoms with Crippen LogP contribution in [0.25, 0.3) is 0 Å². The Hall–Kier alpha value is -0.970. The summed E-state index contributed by atoms with van der Waals surface area (Å²) >= 11 is 1.51. The van der Waals surface area contributed by atoms with Gasteiger partial charge in [-0.3, -0.25) is 0 Å². The molecule has 0 unspecified atom stereocenters. The zero-order chi connectivity index (χ0) is 11.1. The van der Waals surface area contributed by atoms with Crippen LogP contribution < -0.4 is 10.1 Å². The fourth-order valence-corrected chi connectivity index (χ4v) is 1.39. The lowest BCUT2D eigenvalue weighted by molar-refractivity contribution is 0.295. The van der Waals surface area contributed by atoms with Gasteiger partial charge in [-0.05, 0) is 12.7 Å². The lowest BCUT2D eigenvalue weighted by atomic mass is 10.4. The van der Waals surface area contributed by atoms with Gasteiger partial charge in [-0.2, -0.15) is 4.98 Å². The van der Waals surface area contributed by atoms with Gasteiger partial charge in [0.1, 0.15) is 5.82 Å². The minimum Gasteiger partial charge on any atom is -0.478 e. The van der Waals surface area contributed by atoms with Crippen molar-refractivity contribution < 1.29 is 4.74 Å². The molecule has 0 aliphatic heterocycles. The monoisotopic (exact) mass is 227 g/mol. The van der Waals surface area contributed by atoms with Crippen molar-refractivity contribution in [3.05, 3.63) is 6.07 Å². The van der Waals surface area contributed by atoms with Crippen LogP contribution in [0.1, 0.15) is 19.8 Å². The highest BCUT2D eigenvalue weighted by atomic mass is 32.2. The van der Waals surface area contributed by atoms with Gasteiger partial charge in [0.15, 0.2) is 5.16 Å². The minimum atomic E-state index is 0.646. The second-order valence-electron chi connectivity index (χ2n) is 3.03. The fourth-order valence-electron chi connectivity index (χ4n) is 1.02. The molecular weight excluding hydrogens is 210 g/mol. The van der Waals surface area contributed by atoms with Crippen molar-refractivity contribution in [2.45, 2.75) is 24.9 Å². The number of aromatic nitrogens is 2. The molecule has 15 heavy (non-hydrogen) atoms. The summed E-state index contributed by atoms with van der Waals surface area (Å²) in [6.45, 7) is 2.85. The molecule has 1 N–H and O–H groups in total. The van der Waals surface area contributed by atoms with E-state index in [0.29, 0.717) is 12.5 Å². The first-order valence-electron chi connectivity index (χ1n) is 5.03. The largest absolute Gasteiger partial charge is 0.478 e. The predicted octanol–water partition coefficient (Wildman–Crippen LogP) is 2.42. The molecule has 0 aliphatic rings. The Bertz CT molecular complexity index is 284. The Labute approximate surface area is 94.8 Å². The molecule has 0 aromatic carbocycles. The molecular formula is C10H17N3OS. The van der Waals surface area contributed by atoms with Crippen LogP contribution in [0.15, 0.2) is 11.2 Å². The zero-order valence-electron chi connectivity index (χ0n) is 9.41. The number of hydrogen-bond donors (Lipinski definition) is 1. The number of hydrogen-bond acceptors (Lipinski definition) is 5. The number of nitrogens with zero attached hydrogens (tertiary/aromatic N) is 2. The maximum Gasteiger partial charge on any atom is 0.219 e. The van der Waals surface area contributed by atoms with Crippen molar-refractivity contribution >= 4 is 17.6 Å². The third kappa shape index (κ3) is 3.95. The Morgan fingerprint density at radius 1 is 1.47 bits per heavy atom. The molecule has 1 rings (SSSR count). The first kappa shape index (κ1) is 12.1. The molecule has 0 bridgehead atoms. The van der Waals surface area contributed by atoms with E-state index in [4.69, 9.17) is 4.74 Å². The SMILES string of the molecule is CCCCOc1cc(NC)nc(SC)n1. The van der Waals surface area contributed by atoms with E-state index in [1.54, 1.807) is 0 Å². The molecule has 0 fully saturated rings. The van der Waals surface area contributed by atoms with Gasteiger partial charge in [0.05, 0.1) is 6.61 Å². The average molecular weight is 227 g/mol. The van der Waals surface area contributed by atoms with Crippen molar-refractivity contribution in [1.29, 1.82) is 0 Å². The summed E-state index contributed by atoms with van der Waals surface area (Å²) in [5.41, 5.74) is 0. The molecule has 0 amide bonds. The molecule has 0 saturated carbocycles. The van der Waals surface area contributed by atoms with Crippen molar-refractivity contribution in [3.63, 3.8) is 0 Å². The summed E-state index contributed by atoms with van der Waals surface area (Å²) in [7, 11) is 1.84. The lowest BCUT2D eigenvalue weighted by Gasteiger charge is -2.07. The molecule has 1 aromatic rings. The first-order valence-corrected chi connectivity index (χ1v) is 6.26. The Balaban J connectivity index is 2.68. The van der Waals surface area contributed by atoms with E-state index >= 15 is 0 Å². The number of thioether (sulfide) groups is 1. The lowest BCUT2D eigenvalue weighted by Crippen LogP contribution is -2.02. The summed E-state index contributed by atoms with van der Waals surface area (Å²) in [6, 6.07) is 1.81. The van der Waals surface area contributed by atoms with Crippen LogP contribution >= 0.6 is 11.8 Å². The quantitative estimate of drug-likeness (QED) is 0.459. The Morgan fingerprint density at radius 2 is 2.27 bits per heavy atom. The molecule has 0 spiro atoms. The Morgan fingerprint density at radius 3 is 2.87 bits per heavy atom. The molecule has 1 heterocycles. The van der Waals surface area contributed by atoms with Crippen LogP contribution in [0, 0.1) is 0 Å². The van der Waals surface area contributed by atoms with Crippen LogP contribution in [0.2, 0.25) is 0 Å². The number of ether oxygens (including phenoxy) is 1. The molecule has 0 radical (unpaired) electrons. The zero-order valence-corrected chi connectivity index (χ0v) is 10.2. The Kier molecular flexibility index (Phi) is 5.25. The molecule has 0 saturated heterocycles. The van der Waals surface area contributed by atoms with Crippen LogP contribution in [0.4, 0.5) is 5.82 Å².